The van der Waals surface area contributed by atoms with Crippen LogP contribution in [0.25, 0.3) is 0 Å². The zero-order chi connectivity index (χ0) is 13.0. The summed E-state index contributed by atoms with van der Waals surface area (Å²) in [6.45, 7) is 6.96. The van der Waals surface area contributed by atoms with Crippen molar-refractivity contribution in [3.8, 4) is 11.5 Å². The third kappa shape index (κ3) is 2.78. The first-order valence-corrected chi connectivity index (χ1v) is 6.78. The van der Waals surface area contributed by atoms with Gasteiger partial charge in [-0.05, 0) is 50.9 Å². The molecule has 1 aromatic rings. The quantitative estimate of drug-likeness (QED) is 0.890. The zero-order valence-corrected chi connectivity index (χ0v) is 11.6. The number of ether oxygens (including phenoxy) is 2. The van der Waals surface area contributed by atoms with Gasteiger partial charge < -0.3 is 14.8 Å². The van der Waals surface area contributed by atoms with E-state index in [4.69, 9.17) is 9.47 Å². The van der Waals surface area contributed by atoms with Gasteiger partial charge in [-0.1, -0.05) is 0 Å². The van der Waals surface area contributed by atoms with Gasteiger partial charge in [-0.25, -0.2) is 0 Å². The van der Waals surface area contributed by atoms with Gasteiger partial charge in [-0.15, -0.1) is 0 Å². The van der Waals surface area contributed by atoms with Crippen LogP contribution in [0.1, 0.15) is 36.8 Å². The smallest absolute Gasteiger partial charge is 0.123 e. The molecule has 1 aromatic carbocycles. The number of aryl methyl sites for hydroxylation is 1. The van der Waals surface area contributed by atoms with Gasteiger partial charge in [0.1, 0.15) is 11.5 Å². The van der Waals surface area contributed by atoms with E-state index in [0.717, 1.165) is 30.2 Å². The van der Waals surface area contributed by atoms with Crippen LogP contribution >= 0.6 is 0 Å². The first kappa shape index (κ1) is 13.2. The number of piperidine rings is 1. The lowest BCUT2D eigenvalue weighted by Gasteiger charge is -2.26. The van der Waals surface area contributed by atoms with E-state index in [1.54, 1.807) is 7.11 Å². The van der Waals surface area contributed by atoms with Crippen molar-refractivity contribution in [1.82, 2.24) is 5.32 Å². The van der Waals surface area contributed by atoms with Gasteiger partial charge in [0.05, 0.1) is 13.7 Å². The van der Waals surface area contributed by atoms with Crippen LogP contribution in [0.3, 0.4) is 0 Å². The molecule has 3 heteroatoms. The number of methoxy groups -OCH3 is 1. The Balaban J connectivity index is 2.34. The summed E-state index contributed by atoms with van der Waals surface area (Å²) in [6.07, 6.45) is 2.45. The minimum absolute atomic E-state index is 0.537. The molecule has 0 radical (unpaired) electrons. The SMILES string of the molecule is CCOc1cc(C)c(OC)cc1[C@H]1CCCNC1. The third-order valence-corrected chi connectivity index (χ3v) is 3.56. The molecular formula is C15H23NO2. The molecular weight excluding hydrogens is 226 g/mol. The van der Waals surface area contributed by atoms with E-state index in [9.17, 15) is 0 Å². The van der Waals surface area contributed by atoms with Crippen molar-refractivity contribution in [3.05, 3.63) is 23.3 Å². The average Bonchev–Trinajstić information content (AvgIpc) is 2.40. The minimum Gasteiger partial charge on any atom is -0.496 e. The Kier molecular flexibility index (Phi) is 4.48. The Morgan fingerprint density at radius 3 is 2.78 bits per heavy atom. The highest BCUT2D eigenvalue weighted by Crippen LogP contribution is 2.36. The standard InChI is InChI=1S/C15H23NO2/c1-4-18-15-8-11(2)14(17-3)9-13(15)12-6-5-7-16-10-12/h8-9,12,16H,4-7,10H2,1-3H3/t12-/m0/s1. The van der Waals surface area contributed by atoms with Crippen molar-refractivity contribution in [1.29, 1.82) is 0 Å². The second-order valence-corrected chi connectivity index (χ2v) is 4.84. The lowest BCUT2D eigenvalue weighted by atomic mass is 9.90. The highest BCUT2D eigenvalue weighted by atomic mass is 16.5. The van der Waals surface area contributed by atoms with Gasteiger partial charge in [0.15, 0.2) is 0 Å². The first-order chi connectivity index (χ1) is 8.76. The largest absolute Gasteiger partial charge is 0.496 e. The second-order valence-electron chi connectivity index (χ2n) is 4.84. The molecule has 0 amide bonds. The summed E-state index contributed by atoms with van der Waals surface area (Å²) in [5.41, 5.74) is 2.42. The average molecular weight is 249 g/mol. The normalized spacial score (nSPS) is 19.6. The minimum atomic E-state index is 0.537. The number of nitrogens with one attached hydrogen (secondary N) is 1. The molecule has 1 aliphatic heterocycles. The molecule has 100 valence electrons. The van der Waals surface area contributed by atoms with E-state index in [-0.39, 0.29) is 0 Å². The summed E-state index contributed by atoms with van der Waals surface area (Å²) in [5.74, 6) is 2.51. The van der Waals surface area contributed by atoms with Gasteiger partial charge in [-0.2, -0.15) is 0 Å². The Hall–Kier alpha value is -1.22. The Bertz CT molecular complexity index is 398. The van der Waals surface area contributed by atoms with E-state index < -0.39 is 0 Å². The predicted molar refractivity (Wildman–Crippen MR) is 73.7 cm³/mol. The molecule has 3 nitrogen and oxygen atoms in total. The molecule has 2 rings (SSSR count). The zero-order valence-electron chi connectivity index (χ0n) is 11.6. The molecule has 1 N–H and O–H groups in total. The molecule has 0 spiro atoms. The summed E-state index contributed by atoms with van der Waals surface area (Å²) in [7, 11) is 1.73. The number of benzene rings is 1. The van der Waals surface area contributed by atoms with Crippen molar-refractivity contribution >= 4 is 0 Å². The van der Waals surface area contributed by atoms with Crippen molar-refractivity contribution in [2.75, 3.05) is 26.8 Å². The summed E-state index contributed by atoms with van der Waals surface area (Å²) < 4.78 is 11.2. The van der Waals surface area contributed by atoms with Crippen molar-refractivity contribution in [3.63, 3.8) is 0 Å². The Morgan fingerprint density at radius 1 is 1.33 bits per heavy atom. The summed E-state index contributed by atoms with van der Waals surface area (Å²) in [5, 5.41) is 3.46. The van der Waals surface area contributed by atoms with Crippen LogP contribution in [0.5, 0.6) is 11.5 Å². The lowest BCUT2D eigenvalue weighted by Crippen LogP contribution is -2.28. The summed E-state index contributed by atoms with van der Waals surface area (Å²) in [4.78, 5) is 0. The van der Waals surface area contributed by atoms with Crippen molar-refractivity contribution in [2.24, 2.45) is 0 Å². The molecule has 1 heterocycles. The fourth-order valence-corrected chi connectivity index (χ4v) is 2.61. The van der Waals surface area contributed by atoms with Gasteiger partial charge in [0, 0.05) is 18.0 Å². The molecule has 0 bridgehead atoms. The summed E-state index contributed by atoms with van der Waals surface area (Å²) in [6, 6.07) is 4.25. The van der Waals surface area contributed by atoms with Gasteiger partial charge >= 0.3 is 0 Å². The van der Waals surface area contributed by atoms with Gasteiger partial charge in [0.25, 0.3) is 0 Å². The number of rotatable bonds is 4. The fraction of sp³-hybridized carbons (Fsp3) is 0.600. The fourth-order valence-electron chi connectivity index (χ4n) is 2.61. The maximum atomic E-state index is 5.79. The number of hydrogen-bond donors (Lipinski definition) is 1. The molecule has 0 aliphatic carbocycles. The van der Waals surface area contributed by atoms with E-state index in [1.807, 2.05) is 6.92 Å². The second kappa shape index (κ2) is 6.10. The monoisotopic (exact) mass is 249 g/mol. The predicted octanol–water partition coefficient (Wildman–Crippen LogP) is 2.87. The molecule has 1 atom stereocenters. The maximum Gasteiger partial charge on any atom is 0.123 e. The van der Waals surface area contributed by atoms with Crippen LogP contribution in [0.2, 0.25) is 0 Å². The Labute approximate surface area is 109 Å². The van der Waals surface area contributed by atoms with Crippen LogP contribution in [0, 0.1) is 6.92 Å². The third-order valence-electron chi connectivity index (χ3n) is 3.56. The lowest BCUT2D eigenvalue weighted by molar-refractivity contribution is 0.327. The van der Waals surface area contributed by atoms with Crippen LogP contribution in [-0.4, -0.2) is 26.8 Å². The van der Waals surface area contributed by atoms with Gasteiger partial charge in [0.2, 0.25) is 0 Å². The first-order valence-electron chi connectivity index (χ1n) is 6.78. The van der Waals surface area contributed by atoms with Gasteiger partial charge in [-0.3, -0.25) is 0 Å². The number of hydrogen-bond acceptors (Lipinski definition) is 3. The van der Waals surface area contributed by atoms with Crippen molar-refractivity contribution < 1.29 is 9.47 Å². The van der Waals surface area contributed by atoms with E-state index in [0.29, 0.717) is 12.5 Å². The van der Waals surface area contributed by atoms with Crippen LogP contribution < -0.4 is 14.8 Å². The van der Waals surface area contributed by atoms with E-state index in [2.05, 4.69) is 24.4 Å². The topological polar surface area (TPSA) is 30.5 Å². The highest BCUT2D eigenvalue weighted by Gasteiger charge is 2.20. The summed E-state index contributed by atoms with van der Waals surface area (Å²) >= 11 is 0. The van der Waals surface area contributed by atoms with E-state index in [1.165, 1.54) is 18.4 Å². The van der Waals surface area contributed by atoms with Crippen LogP contribution in [-0.2, 0) is 0 Å². The molecule has 1 aliphatic rings. The molecule has 18 heavy (non-hydrogen) atoms. The molecule has 0 saturated carbocycles. The van der Waals surface area contributed by atoms with Crippen LogP contribution in [0.15, 0.2) is 12.1 Å². The molecule has 1 saturated heterocycles. The molecule has 0 unspecified atom stereocenters. The maximum absolute atomic E-state index is 5.79. The molecule has 1 fully saturated rings. The van der Waals surface area contributed by atoms with E-state index >= 15 is 0 Å². The highest BCUT2D eigenvalue weighted by molar-refractivity contribution is 5.47. The Morgan fingerprint density at radius 2 is 2.17 bits per heavy atom. The van der Waals surface area contributed by atoms with Crippen molar-refractivity contribution in [2.45, 2.75) is 32.6 Å². The van der Waals surface area contributed by atoms with Crippen LogP contribution in [0.4, 0.5) is 0 Å². The molecule has 0 aromatic heterocycles.